The summed E-state index contributed by atoms with van der Waals surface area (Å²) in [6.45, 7) is 0.827. The van der Waals surface area contributed by atoms with Gasteiger partial charge in [0.15, 0.2) is 0 Å². The van der Waals surface area contributed by atoms with Gasteiger partial charge >= 0.3 is 0 Å². The molecule has 0 heterocycles. The largest absolute Gasteiger partial charge is 0.330 e. The van der Waals surface area contributed by atoms with Crippen LogP contribution in [-0.2, 0) is 0 Å². The van der Waals surface area contributed by atoms with Gasteiger partial charge in [-0.05, 0) is 25.3 Å². The summed E-state index contributed by atoms with van der Waals surface area (Å²) in [6.07, 6.45) is 2.30. The first-order valence-corrected chi connectivity index (χ1v) is 2.78. The summed E-state index contributed by atoms with van der Waals surface area (Å²) in [7, 11) is 0. The molecule has 0 aliphatic heterocycles. The van der Waals surface area contributed by atoms with Gasteiger partial charge < -0.3 is 11.5 Å². The summed E-state index contributed by atoms with van der Waals surface area (Å²) in [4.78, 5) is 0. The Balaban J connectivity index is 2.06. The van der Waals surface area contributed by atoms with Crippen molar-refractivity contribution >= 4 is 0 Å². The Morgan fingerprint density at radius 2 is 2.00 bits per heavy atom. The molecule has 1 aliphatic rings. The predicted octanol–water partition coefficient (Wildman–Crippen LogP) is -0.318. The standard InChI is InChI=1S/C5H12N2/c6-3-4-1-5(7)2-4/h4-5H,1-3,6-7H2. The van der Waals surface area contributed by atoms with Crippen LogP contribution in [0.25, 0.3) is 0 Å². The summed E-state index contributed by atoms with van der Waals surface area (Å²) >= 11 is 0. The molecule has 1 rings (SSSR count). The van der Waals surface area contributed by atoms with E-state index in [4.69, 9.17) is 11.5 Å². The lowest BCUT2D eigenvalue weighted by Crippen LogP contribution is -2.39. The van der Waals surface area contributed by atoms with Crippen LogP contribution >= 0.6 is 0 Å². The van der Waals surface area contributed by atoms with Crippen LogP contribution in [-0.4, -0.2) is 12.6 Å². The quantitative estimate of drug-likeness (QED) is 0.474. The smallest absolute Gasteiger partial charge is 0.00450 e. The van der Waals surface area contributed by atoms with Crippen LogP contribution in [0.3, 0.4) is 0 Å². The molecule has 0 unspecified atom stereocenters. The van der Waals surface area contributed by atoms with Crippen molar-refractivity contribution in [1.29, 1.82) is 0 Å². The van der Waals surface area contributed by atoms with Gasteiger partial charge in [-0.3, -0.25) is 0 Å². The van der Waals surface area contributed by atoms with Gasteiger partial charge in [0.1, 0.15) is 0 Å². The zero-order valence-electron chi connectivity index (χ0n) is 4.43. The Kier molecular flexibility index (Phi) is 1.30. The third-order valence-electron chi connectivity index (χ3n) is 1.61. The molecule has 2 heteroatoms. The monoisotopic (exact) mass is 100 g/mol. The van der Waals surface area contributed by atoms with Crippen LogP contribution in [0, 0.1) is 5.92 Å². The maximum atomic E-state index is 5.49. The van der Waals surface area contributed by atoms with Crippen molar-refractivity contribution in [2.24, 2.45) is 17.4 Å². The predicted molar refractivity (Wildman–Crippen MR) is 29.8 cm³/mol. The average Bonchev–Trinajstić information content (AvgIpc) is 1.58. The van der Waals surface area contributed by atoms with Gasteiger partial charge in [0.25, 0.3) is 0 Å². The molecule has 0 aromatic heterocycles. The molecule has 0 aromatic carbocycles. The normalized spacial score (nSPS) is 40.3. The van der Waals surface area contributed by atoms with Crippen molar-refractivity contribution < 1.29 is 0 Å². The van der Waals surface area contributed by atoms with Gasteiger partial charge in [0.2, 0.25) is 0 Å². The van der Waals surface area contributed by atoms with E-state index in [1.54, 1.807) is 0 Å². The van der Waals surface area contributed by atoms with Crippen molar-refractivity contribution in [1.82, 2.24) is 0 Å². The molecule has 0 atom stereocenters. The summed E-state index contributed by atoms with van der Waals surface area (Å²) in [6, 6.07) is 0.466. The zero-order valence-corrected chi connectivity index (χ0v) is 4.43. The van der Waals surface area contributed by atoms with E-state index in [2.05, 4.69) is 0 Å². The molecule has 7 heavy (non-hydrogen) atoms. The lowest BCUT2D eigenvalue weighted by Gasteiger charge is -2.30. The summed E-state index contributed by atoms with van der Waals surface area (Å²) < 4.78 is 0. The van der Waals surface area contributed by atoms with E-state index in [0.717, 1.165) is 25.3 Å². The summed E-state index contributed by atoms with van der Waals surface area (Å²) in [5, 5.41) is 0. The van der Waals surface area contributed by atoms with Crippen LogP contribution in [0.5, 0.6) is 0 Å². The Morgan fingerprint density at radius 3 is 2.14 bits per heavy atom. The topological polar surface area (TPSA) is 52.0 Å². The highest BCUT2D eigenvalue weighted by molar-refractivity contribution is 4.81. The summed E-state index contributed by atoms with van der Waals surface area (Å²) in [5.74, 6) is 0.745. The van der Waals surface area contributed by atoms with Crippen molar-refractivity contribution in [3.8, 4) is 0 Å². The minimum atomic E-state index is 0.466. The molecule has 1 fully saturated rings. The Labute approximate surface area is 43.9 Å². The zero-order chi connectivity index (χ0) is 5.28. The fraction of sp³-hybridized carbons (Fsp3) is 1.00. The third kappa shape index (κ3) is 0.924. The number of nitrogens with two attached hydrogens (primary N) is 2. The Bertz CT molecular complexity index is 57.1. The third-order valence-corrected chi connectivity index (χ3v) is 1.61. The molecule has 0 saturated heterocycles. The second kappa shape index (κ2) is 1.80. The van der Waals surface area contributed by atoms with Gasteiger partial charge in [-0.2, -0.15) is 0 Å². The van der Waals surface area contributed by atoms with Gasteiger partial charge in [-0.25, -0.2) is 0 Å². The average molecular weight is 100 g/mol. The van der Waals surface area contributed by atoms with Crippen molar-refractivity contribution in [2.45, 2.75) is 18.9 Å². The molecule has 42 valence electrons. The second-order valence-electron chi connectivity index (χ2n) is 2.33. The maximum absolute atomic E-state index is 5.49. The van der Waals surface area contributed by atoms with Crippen LogP contribution < -0.4 is 11.5 Å². The second-order valence-corrected chi connectivity index (χ2v) is 2.33. The Morgan fingerprint density at radius 1 is 1.43 bits per heavy atom. The van der Waals surface area contributed by atoms with Gasteiger partial charge in [0, 0.05) is 6.04 Å². The SMILES string of the molecule is NCC1CC(N)C1. The van der Waals surface area contributed by atoms with Crippen molar-refractivity contribution in [3.05, 3.63) is 0 Å². The lowest BCUT2D eigenvalue weighted by atomic mass is 9.81. The molecular formula is C5H12N2. The first-order valence-electron chi connectivity index (χ1n) is 2.78. The number of hydrogen-bond donors (Lipinski definition) is 2. The fourth-order valence-corrected chi connectivity index (χ4v) is 0.980. The Hall–Kier alpha value is -0.0800. The first-order chi connectivity index (χ1) is 3.33. The highest BCUT2D eigenvalue weighted by atomic mass is 14.7. The van der Waals surface area contributed by atoms with Crippen LogP contribution in [0.4, 0.5) is 0 Å². The molecule has 4 N–H and O–H groups in total. The van der Waals surface area contributed by atoms with E-state index < -0.39 is 0 Å². The molecule has 0 radical (unpaired) electrons. The minimum Gasteiger partial charge on any atom is -0.330 e. The number of rotatable bonds is 1. The van der Waals surface area contributed by atoms with Gasteiger partial charge in [-0.1, -0.05) is 0 Å². The summed E-state index contributed by atoms with van der Waals surface area (Å²) in [5.41, 5.74) is 10.8. The van der Waals surface area contributed by atoms with Crippen LogP contribution in [0.1, 0.15) is 12.8 Å². The van der Waals surface area contributed by atoms with Gasteiger partial charge in [0.05, 0.1) is 0 Å². The van der Waals surface area contributed by atoms with E-state index >= 15 is 0 Å². The molecule has 0 aromatic rings. The van der Waals surface area contributed by atoms with Crippen molar-refractivity contribution in [3.63, 3.8) is 0 Å². The number of hydrogen-bond acceptors (Lipinski definition) is 2. The maximum Gasteiger partial charge on any atom is 0.00450 e. The van der Waals surface area contributed by atoms with Crippen LogP contribution in [0.15, 0.2) is 0 Å². The molecule has 1 aliphatic carbocycles. The van der Waals surface area contributed by atoms with E-state index in [9.17, 15) is 0 Å². The van der Waals surface area contributed by atoms with E-state index in [1.807, 2.05) is 0 Å². The molecule has 2 nitrogen and oxygen atoms in total. The molecular weight excluding hydrogens is 88.1 g/mol. The molecule has 0 spiro atoms. The van der Waals surface area contributed by atoms with Crippen molar-refractivity contribution in [2.75, 3.05) is 6.54 Å². The molecule has 0 amide bonds. The fourth-order valence-electron chi connectivity index (χ4n) is 0.980. The molecule has 1 saturated carbocycles. The minimum absolute atomic E-state index is 0.466. The lowest BCUT2D eigenvalue weighted by molar-refractivity contribution is 0.274. The van der Waals surface area contributed by atoms with E-state index in [0.29, 0.717) is 6.04 Å². The highest BCUT2D eigenvalue weighted by Crippen LogP contribution is 2.23. The van der Waals surface area contributed by atoms with E-state index in [1.165, 1.54) is 0 Å². The van der Waals surface area contributed by atoms with Crippen LogP contribution in [0.2, 0.25) is 0 Å². The highest BCUT2D eigenvalue weighted by Gasteiger charge is 2.23. The first kappa shape index (κ1) is 5.06. The van der Waals surface area contributed by atoms with E-state index in [-0.39, 0.29) is 0 Å². The molecule has 0 bridgehead atoms. The van der Waals surface area contributed by atoms with Gasteiger partial charge in [-0.15, -0.1) is 0 Å².